The Bertz CT molecular complexity index is 957. The van der Waals surface area contributed by atoms with Crippen molar-refractivity contribution in [3.63, 3.8) is 0 Å². The molecule has 1 unspecified atom stereocenters. The van der Waals surface area contributed by atoms with Gasteiger partial charge in [-0.25, -0.2) is 14.4 Å². The van der Waals surface area contributed by atoms with Gasteiger partial charge in [-0.05, 0) is 42.9 Å². The van der Waals surface area contributed by atoms with E-state index in [2.05, 4.69) is 0 Å². The average Bonchev–Trinajstić information content (AvgIpc) is 2.81. The summed E-state index contributed by atoms with van der Waals surface area (Å²) in [7, 11) is 0. The van der Waals surface area contributed by atoms with Gasteiger partial charge in [-0.2, -0.15) is 0 Å². The number of nitrogens with two attached hydrogens (primary N) is 1. The van der Waals surface area contributed by atoms with Gasteiger partial charge in [0.25, 0.3) is 0 Å². The van der Waals surface area contributed by atoms with Crippen LogP contribution >= 0.6 is 0 Å². The molecule has 0 fully saturated rings. The topological polar surface area (TPSA) is 170 Å². The average molecular weight is 542 g/mol. The number of carboxylic acids is 1. The van der Waals surface area contributed by atoms with Crippen molar-refractivity contribution in [2.45, 2.75) is 78.9 Å². The van der Waals surface area contributed by atoms with Crippen LogP contribution < -0.4 is 15.2 Å². The molecule has 12 nitrogen and oxygen atoms in total. The lowest BCUT2D eigenvalue weighted by Gasteiger charge is -2.28. The molecule has 0 aromatic heterocycles. The van der Waals surface area contributed by atoms with E-state index in [0.29, 0.717) is 18.4 Å². The maximum atomic E-state index is 12.1. The first-order valence-corrected chi connectivity index (χ1v) is 12.4. The van der Waals surface area contributed by atoms with Crippen LogP contribution in [0, 0.1) is 5.41 Å². The first kappa shape index (κ1) is 32.5. The summed E-state index contributed by atoms with van der Waals surface area (Å²) in [5.74, 6) is -1.68. The molecule has 0 aliphatic rings. The van der Waals surface area contributed by atoms with Crippen molar-refractivity contribution in [3.8, 4) is 11.5 Å². The Morgan fingerprint density at radius 1 is 0.895 bits per heavy atom. The summed E-state index contributed by atoms with van der Waals surface area (Å²) in [4.78, 5) is 48.1. The van der Waals surface area contributed by atoms with E-state index in [4.69, 9.17) is 34.2 Å². The fourth-order valence-corrected chi connectivity index (χ4v) is 3.06. The highest BCUT2D eigenvalue weighted by Crippen LogP contribution is 2.31. The molecule has 0 saturated heterocycles. The summed E-state index contributed by atoms with van der Waals surface area (Å²) in [5, 5.41) is 9.87. The molecule has 0 spiro atoms. The molecule has 0 radical (unpaired) electrons. The van der Waals surface area contributed by atoms with Crippen LogP contribution in [0.1, 0.15) is 66.4 Å². The summed E-state index contributed by atoms with van der Waals surface area (Å²) >= 11 is 0. The van der Waals surface area contributed by atoms with Gasteiger partial charge in [-0.15, -0.1) is 0 Å². The van der Waals surface area contributed by atoms with Gasteiger partial charge in [0.2, 0.25) is 0 Å². The SMILES string of the molecule is CCCOC(=O)Oc1ccc(CC(N)(C[C@H](C)OC(=O)OCC(C)(C)C)C(=O)O)cc1OC(=O)OCCC. The standard InChI is InChI=1S/C26H39NO11/c1-7-11-33-22(30)37-19-10-9-18(13-20(19)38-23(31)34-12-8-2)15-26(27,21(28)29)14-17(3)36-24(32)35-16-25(4,5)6/h9-10,13,17H,7-8,11-12,14-16,27H2,1-6H3,(H,28,29)/t17-,26?/m0/s1. The normalized spacial score (nSPS) is 13.4. The van der Waals surface area contributed by atoms with Gasteiger partial charge < -0.3 is 39.3 Å². The first-order valence-electron chi connectivity index (χ1n) is 12.4. The van der Waals surface area contributed by atoms with Crippen molar-refractivity contribution in [2.75, 3.05) is 19.8 Å². The van der Waals surface area contributed by atoms with Gasteiger partial charge >= 0.3 is 24.4 Å². The van der Waals surface area contributed by atoms with Crippen LogP contribution in [0.3, 0.4) is 0 Å². The fourth-order valence-electron chi connectivity index (χ4n) is 3.06. The molecule has 38 heavy (non-hydrogen) atoms. The second-order valence-electron chi connectivity index (χ2n) is 10.1. The quantitative estimate of drug-likeness (QED) is 0.198. The molecule has 214 valence electrons. The molecule has 0 aliphatic heterocycles. The molecular formula is C26H39NO11. The highest BCUT2D eigenvalue weighted by atomic mass is 16.7. The summed E-state index contributed by atoms with van der Waals surface area (Å²) in [6.07, 6.45) is -3.22. The lowest BCUT2D eigenvalue weighted by molar-refractivity contribution is -0.144. The molecule has 0 saturated carbocycles. The highest BCUT2D eigenvalue weighted by molar-refractivity contribution is 5.79. The van der Waals surface area contributed by atoms with Crippen molar-refractivity contribution in [2.24, 2.45) is 11.1 Å². The van der Waals surface area contributed by atoms with Crippen molar-refractivity contribution < 1.29 is 52.7 Å². The number of benzene rings is 1. The third-order valence-electron chi connectivity index (χ3n) is 4.76. The molecule has 0 bridgehead atoms. The number of hydrogen-bond donors (Lipinski definition) is 2. The first-order chi connectivity index (χ1) is 17.7. The number of ether oxygens (including phenoxy) is 6. The monoisotopic (exact) mass is 541 g/mol. The Morgan fingerprint density at radius 3 is 1.95 bits per heavy atom. The van der Waals surface area contributed by atoms with E-state index in [1.54, 1.807) is 6.92 Å². The van der Waals surface area contributed by atoms with Crippen molar-refractivity contribution in [1.82, 2.24) is 0 Å². The fraction of sp³-hybridized carbons (Fsp3) is 0.615. The summed E-state index contributed by atoms with van der Waals surface area (Å²) < 4.78 is 30.4. The molecule has 2 atom stereocenters. The van der Waals surface area contributed by atoms with Crippen molar-refractivity contribution >= 4 is 24.4 Å². The van der Waals surface area contributed by atoms with E-state index in [1.807, 2.05) is 27.7 Å². The van der Waals surface area contributed by atoms with Gasteiger partial charge in [0.05, 0.1) is 19.8 Å². The van der Waals surface area contributed by atoms with E-state index in [1.165, 1.54) is 25.1 Å². The second kappa shape index (κ2) is 15.0. The smallest absolute Gasteiger partial charge is 0.480 e. The van der Waals surface area contributed by atoms with E-state index < -0.39 is 36.1 Å². The molecule has 12 heteroatoms. The maximum Gasteiger partial charge on any atom is 0.513 e. The summed E-state index contributed by atoms with van der Waals surface area (Å²) in [6, 6.07) is 4.08. The summed E-state index contributed by atoms with van der Waals surface area (Å²) in [5.41, 5.74) is 4.41. The van der Waals surface area contributed by atoms with Crippen molar-refractivity contribution in [1.29, 1.82) is 0 Å². The third kappa shape index (κ3) is 12.1. The van der Waals surface area contributed by atoms with Crippen LogP contribution in [0.25, 0.3) is 0 Å². The number of hydrogen-bond acceptors (Lipinski definition) is 11. The van der Waals surface area contributed by atoms with Crippen LogP contribution in [0.5, 0.6) is 11.5 Å². The zero-order chi connectivity index (χ0) is 28.9. The number of aliphatic carboxylic acids is 1. The van der Waals surface area contributed by atoms with Gasteiger partial charge in [0.15, 0.2) is 11.5 Å². The van der Waals surface area contributed by atoms with E-state index >= 15 is 0 Å². The van der Waals surface area contributed by atoms with Gasteiger partial charge in [0, 0.05) is 12.8 Å². The van der Waals surface area contributed by atoms with Gasteiger partial charge in [-0.1, -0.05) is 40.7 Å². The Labute approximate surface area is 222 Å². The van der Waals surface area contributed by atoms with E-state index in [-0.39, 0.29) is 49.6 Å². The molecule has 1 aromatic carbocycles. The minimum absolute atomic E-state index is 0.105. The molecular weight excluding hydrogens is 502 g/mol. The molecule has 3 N–H and O–H groups in total. The van der Waals surface area contributed by atoms with Crippen LogP contribution in [0.4, 0.5) is 14.4 Å². The Balaban J connectivity index is 3.08. The van der Waals surface area contributed by atoms with Crippen LogP contribution in [0.2, 0.25) is 0 Å². The van der Waals surface area contributed by atoms with Gasteiger partial charge in [-0.3, -0.25) is 4.79 Å². The molecule has 0 aliphatic carbocycles. The lowest BCUT2D eigenvalue weighted by atomic mass is 9.86. The Kier molecular flexibility index (Phi) is 12.8. The van der Waals surface area contributed by atoms with E-state index in [9.17, 15) is 24.3 Å². The minimum atomic E-state index is -1.87. The second-order valence-corrected chi connectivity index (χ2v) is 10.1. The highest BCUT2D eigenvalue weighted by Gasteiger charge is 2.37. The number of carbonyl (C=O) groups excluding carboxylic acids is 3. The Hall–Kier alpha value is -3.54. The predicted octanol–water partition coefficient (Wildman–Crippen LogP) is 4.84. The largest absolute Gasteiger partial charge is 0.513 e. The number of carbonyl (C=O) groups is 4. The minimum Gasteiger partial charge on any atom is -0.480 e. The predicted molar refractivity (Wildman–Crippen MR) is 135 cm³/mol. The third-order valence-corrected chi connectivity index (χ3v) is 4.76. The van der Waals surface area contributed by atoms with Crippen LogP contribution in [0.15, 0.2) is 18.2 Å². The van der Waals surface area contributed by atoms with Crippen LogP contribution in [-0.4, -0.2) is 61.0 Å². The zero-order valence-corrected chi connectivity index (χ0v) is 22.9. The van der Waals surface area contributed by atoms with Crippen molar-refractivity contribution in [3.05, 3.63) is 23.8 Å². The maximum absolute atomic E-state index is 12.1. The molecule has 1 aromatic rings. The number of carboxylic acid groups (broad SMARTS) is 1. The number of rotatable bonds is 13. The summed E-state index contributed by atoms with van der Waals surface area (Å²) in [6.45, 7) is 11.1. The lowest BCUT2D eigenvalue weighted by Crippen LogP contribution is -2.52. The van der Waals surface area contributed by atoms with Crippen LogP contribution in [-0.2, 0) is 30.2 Å². The molecule has 0 amide bonds. The Morgan fingerprint density at radius 2 is 1.45 bits per heavy atom. The van der Waals surface area contributed by atoms with E-state index in [0.717, 1.165) is 0 Å². The molecule has 1 rings (SSSR count). The zero-order valence-electron chi connectivity index (χ0n) is 22.9. The molecule has 0 heterocycles. The van der Waals surface area contributed by atoms with Gasteiger partial charge in [0.1, 0.15) is 11.6 Å².